The number of furan rings is 1. The fourth-order valence-electron chi connectivity index (χ4n) is 4.55. The molecule has 0 atom stereocenters. The van der Waals surface area contributed by atoms with Crippen molar-refractivity contribution >= 4 is 38.5 Å². The van der Waals surface area contributed by atoms with Gasteiger partial charge in [0.25, 0.3) is 0 Å². The lowest BCUT2D eigenvalue weighted by molar-refractivity contribution is 0.101. The Kier molecular flexibility index (Phi) is 4.27. The maximum absolute atomic E-state index is 13.9. The molecule has 0 aliphatic heterocycles. The Morgan fingerprint density at radius 1 is 0.758 bits per heavy atom. The molecule has 0 N–H and O–H groups in total. The molecule has 0 bridgehead atoms. The summed E-state index contributed by atoms with van der Waals surface area (Å²) in [4.78, 5) is 26.1. The Labute approximate surface area is 188 Å². The van der Waals surface area contributed by atoms with Crippen LogP contribution in [0.4, 0.5) is 0 Å². The molecule has 0 spiro atoms. The fourth-order valence-corrected chi connectivity index (χ4v) is 4.55. The fraction of sp³-hybridized carbons (Fsp3) is 0.0345. The molecule has 158 valence electrons. The Hall–Kier alpha value is -4.44. The van der Waals surface area contributed by atoms with Crippen LogP contribution in [0.5, 0.6) is 0 Å². The maximum Gasteiger partial charge on any atom is 0.336 e. The second-order valence-electron chi connectivity index (χ2n) is 8.09. The van der Waals surface area contributed by atoms with Crippen molar-refractivity contribution in [2.24, 2.45) is 0 Å². The maximum atomic E-state index is 13.9. The number of ketones is 1. The zero-order valence-electron chi connectivity index (χ0n) is 17.8. The molecule has 2 aromatic heterocycles. The molecular weight excluding hydrogens is 412 g/mol. The lowest BCUT2D eigenvalue weighted by atomic mass is 9.94. The summed E-state index contributed by atoms with van der Waals surface area (Å²) in [6.45, 7) is 1.87. The molecule has 4 heteroatoms. The number of carbonyl (C=O) groups is 1. The first kappa shape index (κ1) is 19.3. The highest BCUT2D eigenvalue weighted by Gasteiger charge is 2.26. The predicted octanol–water partition coefficient (Wildman–Crippen LogP) is 6.90. The van der Waals surface area contributed by atoms with Crippen LogP contribution in [0.1, 0.15) is 21.7 Å². The van der Waals surface area contributed by atoms with Crippen molar-refractivity contribution in [3.05, 3.63) is 118 Å². The Morgan fingerprint density at radius 2 is 1.52 bits per heavy atom. The summed E-state index contributed by atoms with van der Waals surface area (Å²) in [5, 5.41) is 3.27. The number of hydrogen-bond donors (Lipinski definition) is 0. The summed E-state index contributed by atoms with van der Waals surface area (Å²) in [7, 11) is 0. The molecule has 0 amide bonds. The van der Waals surface area contributed by atoms with E-state index >= 15 is 0 Å². The van der Waals surface area contributed by atoms with Gasteiger partial charge in [-0.15, -0.1) is 0 Å². The van der Waals surface area contributed by atoms with Gasteiger partial charge in [-0.3, -0.25) is 4.79 Å². The quantitative estimate of drug-likeness (QED) is 0.226. The van der Waals surface area contributed by atoms with E-state index in [-0.39, 0.29) is 11.5 Å². The average molecular weight is 430 g/mol. The van der Waals surface area contributed by atoms with Gasteiger partial charge in [0.15, 0.2) is 5.76 Å². The van der Waals surface area contributed by atoms with Gasteiger partial charge in [-0.25, -0.2) is 4.79 Å². The molecule has 0 unspecified atom stereocenters. The number of rotatable bonds is 3. The number of carbonyl (C=O) groups excluding carboxylic acids is 1. The largest absolute Gasteiger partial charge is 0.452 e. The van der Waals surface area contributed by atoms with Crippen LogP contribution >= 0.6 is 0 Å². The van der Waals surface area contributed by atoms with Crippen molar-refractivity contribution in [2.45, 2.75) is 6.92 Å². The highest BCUT2D eigenvalue weighted by Crippen LogP contribution is 2.40. The molecule has 0 radical (unpaired) electrons. The van der Waals surface area contributed by atoms with Crippen LogP contribution in [0.25, 0.3) is 43.8 Å². The number of fused-ring (bicyclic) bond motifs is 4. The number of benzene rings is 4. The average Bonchev–Trinajstić information content (AvgIpc) is 3.24. The summed E-state index contributed by atoms with van der Waals surface area (Å²) >= 11 is 0. The second kappa shape index (κ2) is 7.31. The van der Waals surface area contributed by atoms with Gasteiger partial charge in [0.1, 0.15) is 11.2 Å². The van der Waals surface area contributed by atoms with E-state index in [0.717, 1.165) is 27.3 Å². The van der Waals surface area contributed by atoms with E-state index in [1.54, 1.807) is 0 Å². The van der Waals surface area contributed by atoms with E-state index < -0.39 is 5.63 Å². The van der Waals surface area contributed by atoms with Crippen LogP contribution in [0.2, 0.25) is 0 Å². The van der Waals surface area contributed by atoms with E-state index in [0.29, 0.717) is 27.7 Å². The Balaban J connectivity index is 1.73. The molecule has 0 aliphatic rings. The predicted molar refractivity (Wildman–Crippen MR) is 130 cm³/mol. The molecule has 0 saturated heterocycles. The smallest absolute Gasteiger partial charge is 0.336 e. The van der Waals surface area contributed by atoms with Gasteiger partial charge in [-0.2, -0.15) is 0 Å². The van der Waals surface area contributed by atoms with Gasteiger partial charge in [-0.1, -0.05) is 72.8 Å². The van der Waals surface area contributed by atoms with Gasteiger partial charge in [0, 0.05) is 22.6 Å². The minimum absolute atomic E-state index is 0.218. The SMILES string of the molecule is Cc1cc(=O)oc2c1ccc1oc(C(=O)c3cccc4ccccc34)c(-c3ccccc3)c12. The van der Waals surface area contributed by atoms with E-state index in [2.05, 4.69) is 0 Å². The van der Waals surface area contributed by atoms with Crippen molar-refractivity contribution in [2.75, 3.05) is 0 Å². The third kappa shape index (κ3) is 2.99. The van der Waals surface area contributed by atoms with E-state index in [1.165, 1.54) is 6.07 Å². The Morgan fingerprint density at radius 3 is 2.36 bits per heavy atom. The number of aryl methyl sites for hydroxylation is 1. The van der Waals surface area contributed by atoms with Crippen LogP contribution in [-0.2, 0) is 0 Å². The van der Waals surface area contributed by atoms with Crippen molar-refractivity contribution in [3.63, 3.8) is 0 Å². The lowest BCUT2D eigenvalue weighted by Gasteiger charge is -2.07. The highest BCUT2D eigenvalue weighted by molar-refractivity contribution is 6.23. The normalized spacial score (nSPS) is 11.4. The third-order valence-corrected chi connectivity index (χ3v) is 6.07. The van der Waals surface area contributed by atoms with E-state index in [4.69, 9.17) is 8.83 Å². The summed E-state index contributed by atoms with van der Waals surface area (Å²) in [5.74, 6) is 0.00853. The molecular formula is C29H18O4. The van der Waals surface area contributed by atoms with Gasteiger partial charge >= 0.3 is 5.63 Å². The molecule has 6 aromatic rings. The van der Waals surface area contributed by atoms with Crippen LogP contribution in [-0.4, -0.2) is 5.78 Å². The van der Waals surface area contributed by atoms with Gasteiger partial charge < -0.3 is 8.83 Å². The van der Waals surface area contributed by atoms with Crippen LogP contribution in [0, 0.1) is 6.92 Å². The van der Waals surface area contributed by atoms with Gasteiger partial charge in [0.2, 0.25) is 5.78 Å². The van der Waals surface area contributed by atoms with Crippen LogP contribution in [0.3, 0.4) is 0 Å². The molecule has 4 aromatic carbocycles. The summed E-state index contributed by atoms with van der Waals surface area (Å²) < 4.78 is 11.9. The van der Waals surface area contributed by atoms with Gasteiger partial charge in [0.05, 0.1) is 5.39 Å². The topological polar surface area (TPSA) is 60.4 Å². The first-order chi connectivity index (χ1) is 16.1. The molecule has 0 aliphatic carbocycles. The molecule has 0 fully saturated rings. The van der Waals surface area contributed by atoms with Crippen molar-refractivity contribution in [3.8, 4) is 11.1 Å². The van der Waals surface area contributed by atoms with Crippen molar-refractivity contribution < 1.29 is 13.6 Å². The lowest BCUT2D eigenvalue weighted by Crippen LogP contribution is -2.03. The number of hydrogen-bond acceptors (Lipinski definition) is 4. The molecule has 0 saturated carbocycles. The standard InChI is InChI=1S/C29H18O4/c1-17-16-24(30)33-28-20(17)14-15-23-26(28)25(19-9-3-2-4-10-19)29(32-23)27(31)22-13-7-11-18-8-5-6-12-21(18)22/h2-16H,1H3. The van der Waals surface area contributed by atoms with E-state index in [1.807, 2.05) is 91.9 Å². The zero-order valence-corrected chi connectivity index (χ0v) is 17.8. The first-order valence-electron chi connectivity index (χ1n) is 10.7. The molecule has 33 heavy (non-hydrogen) atoms. The third-order valence-electron chi connectivity index (χ3n) is 6.07. The van der Waals surface area contributed by atoms with Crippen molar-refractivity contribution in [1.29, 1.82) is 0 Å². The van der Waals surface area contributed by atoms with Crippen LogP contribution in [0.15, 0.2) is 105 Å². The summed E-state index contributed by atoms with van der Waals surface area (Å²) in [6, 6.07) is 28.2. The van der Waals surface area contributed by atoms with Crippen LogP contribution < -0.4 is 5.63 Å². The second-order valence-corrected chi connectivity index (χ2v) is 8.09. The molecule has 6 rings (SSSR count). The zero-order chi connectivity index (χ0) is 22.5. The summed E-state index contributed by atoms with van der Waals surface area (Å²) in [5.41, 5.74) is 3.31. The first-order valence-corrected chi connectivity index (χ1v) is 10.7. The van der Waals surface area contributed by atoms with Gasteiger partial charge in [-0.05, 0) is 41.0 Å². The molecule has 2 heterocycles. The van der Waals surface area contributed by atoms with Crippen molar-refractivity contribution in [1.82, 2.24) is 0 Å². The summed E-state index contributed by atoms with van der Waals surface area (Å²) in [6.07, 6.45) is 0. The minimum Gasteiger partial charge on any atom is -0.452 e. The monoisotopic (exact) mass is 430 g/mol. The Bertz CT molecular complexity index is 1750. The van der Waals surface area contributed by atoms with E-state index in [9.17, 15) is 9.59 Å². The highest BCUT2D eigenvalue weighted by atomic mass is 16.4. The minimum atomic E-state index is -0.436. The molecule has 4 nitrogen and oxygen atoms in total.